The lowest BCUT2D eigenvalue weighted by molar-refractivity contribution is -0.139. The lowest BCUT2D eigenvalue weighted by Crippen LogP contribution is -2.52. The molecule has 1 unspecified atom stereocenters. The highest BCUT2D eigenvalue weighted by Crippen LogP contribution is 2.33. The van der Waals surface area contributed by atoms with Gasteiger partial charge in [0.2, 0.25) is 5.91 Å². The fourth-order valence-electron chi connectivity index (χ4n) is 4.77. The van der Waals surface area contributed by atoms with Gasteiger partial charge in [-0.1, -0.05) is 20.8 Å². The van der Waals surface area contributed by atoms with E-state index in [1.807, 2.05) is 43.9 Å². The van der Waals surface area contributed by atoms with E-state index >= 15 is 0 Å². The van der Waals surface area contributed by atoms with Gasteiger partial charge in [0.05, 0.1) is 17.1 Å². The van der Waals surface area contributed by atoms with Gasteiger partial charge in [0, 0.05) is 54.8 Å². The molecule has 4 aromatic rings. The van der Waals surface area contributed by atoms with Gasteiger partial charge >= 0.3 is 0 Å². The van der Waals surface area contributed by atoms with Crippen LogP contribution in [0.25, 0.3) is 21.9 Å². The molecule has 0 radical (unpaired) electrons. The summed E-state index contributed by atoms with van der Waals surface area (Å²) in [5.74, 6) is 1.29. The molecule has 8 nitrogen and oxygen atoms in total. The maximum absolute atomic E-state index is 14.4. The first-order valence-corrected chi connectivity index (χ1v) is 12.6. The number of halogens is 1. The van der Waals surface area contributed by atoms with Crippen molar-refractivity contribution in [3.05, 3.63) is 59.8 Å². The zero-order chi connectivity index (χ0) is 26.3. The number of hydrogen-bond donors (Lipinski definition) is 1. The Morgan fingerprint density at radius 1 is 1.05 bits per heavy atom. The van der Waals surface area contributed by atoms with E-state index in [0.29, 0.717) is 48.6 Å². The average Bonchev–Trinajstić information content (AvgIpc) is 2.88. The Labute approximate surface area is 216 Å². The van der Waals surface area contributed by atoms with Crippen LogP contribution in [0.4, 0.5) is 16.0 Å². The van der Waals surface area contributed by atoms with Crippen LogP contribution >= 0.6 is 0 Å². The molecular weight excluding hydrogens is 469 g/mol. The van der Waals surface area contributed by atoms with E-state index in [4.69, 9.17) is 4.98 Å². The maximum atomic E-state index is 14.4. The van der Waals surface area contributed by atoms with Crippen LogP contribution in [0, 0.1) is 18.2 Å². The van der Waals surface area contributed by atoms with E-state index in [1.54, 1.807) is 13.1 Å². The van der Waals surface area contributed by atoms with Crippen molar-refractivity contribution in [1.29, 1.82) is 0 Å². The van der Waals surface area contributed by atoms with Crippen molar-refractivity contribution in [1.82, 2.24) is 24.8 Å². The van der Waals surface area contributed by atoms with Gasteiger partial charge in [0.25, 0.3) is 0 Å². The van der Waals surface area contributed by atoms with Gasteiger partial charge in [-0.3, -0.25) is 9.78 Å². The van der Waals surface area contributed by atoms with Gasteiger partial charge in [-0.05, 0) is 43.7 Å². The van der Waals surface area contributed by atoms with Crippen molar-refractivity contribution in [2.45, 2.75) is 40.7 Å². The molecule has 1 fully saturated rings. The highest BCUT2D eigenvalue weighted by molar-refractivity contribution is 5.86. The zero-order valence-corrected chi connectivity index (χ0v) is 21.9. The lowest BCUT2D eigenvalue weighted by Gasteiger charge is -2.39. The number of aromatic nitrogens is 4. The quantitative estimate of drug-likeness (QED) is 0.426. The number of carbonyl (C=O) groups is 1. The highest BCUT2D eigenvalue weighted by Gasteiger charge is 2.31. The van der Waals surface area contributed by atoms with Crippen molar-refractivity contribution in [3.8, 4) is 0 Å². The standard InChI is InChI=1S/C28H32FN7O/c1-17-13-19-14-20(18(2)33-25-24-22(31-16-32-25)7-6-8-30-24)26(34-23(19)15-21(17)29)35-9-11-36(12-10-35)27(37)28(3,4)5/h6-8,13-16,18H,9-12H2,1-5H3,(H,31,32,33). The van der Waals surface area contributed by atoms with Crippen LogP contribution in [0.15, 0.2) is 42.9 Å². The number of amides is 1. The molecule has 1 amide bonds. The Kier molecular flexibility index (Phi) is 6.39. The van der Waals surface area contributed by atoms with E-state index in [2.05, 4.69) is 38.2 Å². The molecule has 9 heteroatoms. The van der Waals surface area contributed by atoms with Gasteiger partial charge in [-0.15, -0.1) is 0 Å². The molecule has 5 rings (SSSR count). The molecule has 1 N–H and O–H groups in total. The summed E-state index contributed by atoms with van der Waals surface area (Å²) in [6.45, 7) is 12.2. The first-order valence-electron chi connectivity index (χ1n) is 12.6. The minimum absolute atomic E-state index is 0.148. The SMILES string of the molecule is Cc1cc2cc(C(C)Nc3ncnc4cccnc34)c(N3CCN(C(=O)C(C)(C)C)CC3)nc2cc1F. The van der Waals surface area contributed by atoms with Crippen molar-refractivity contribution >= 4 is 39.5 Å². The van der Waals surface area contributed by atoms with Crippen LogP contribution in [0.3, 0.4) is 0 Å². The Bertz CT molecular complexity index is 1470. The molecule has 0 aliphatic carbocycles. The summed E-state index contributed by atoms with van der Waals surface area (Å²) >= 11 is 0. The van der Waals surface area contributed by atoms with E-state index in [9.17, 15) is 9.18 Å². The zero-order valence-electron chi connectivity index (χ0n) is 21.9. The normalized spacial score (nSPS) is 15.3. The van der Waals surface area contributed by atoms with Crippen LogP contribution in [0.2, 0.25) is 0 Å². The Morgan fingerprint density at radius 3 is 2.54 bits per heavy atom. The van der Waals surface area contributed by atoms with Crippen molar-refractivity contribution < 1.29 is 9.18 Å². The van der Waals surface area contributed by atoms with E-state index < -0.39 is 5.41 Å². The summed E-state index contributed by atoms with van der Waals surface area (Å²) in [7, 11) is 0. The van der Waals surface area contributed by atoms with E-state index in [1.165, 1.54) is 12.4 Å². The van der Waals surface area contributed by atoms with E-state index in [0.717, 1.165) is 22.3 Å². The van der Waals surface area contributed by atoms with Gasteiger partial charge in [0.1, 0.15) is 23.5 Å². The van der Waals surface area contributed by atoms with Crippen molar-refractivity contribution in [2.75, 3.05) is 36.4 Å². The monoisotopic (exact) mass is 501 g/mol. The molecule has 0 spiro atoms. The topological polar surface area (TPSA) is 87.1 Å². The smallest absolute Gasteiger partial charge is 0.228 e. The molecule has 1 aliphatic heterocycles. The summed E-state index contributed by atoms with van der Waals surface area (Å²) in [4.78, 5) is 35.1. The molecule has 0 saturated carbocycles. The van der Waals surface area contributed by atoms with Crippen LogP contribution in [-0.4, -0.2) is 56.9 Å². The Morgan fingerprint density at radius 2 is 1.81 bits per heavy atom. The second kappa shape index (κ2) is 9.53. The number of piperazine rings is 1. The Balaban J connectivity index is 1.51. The van der Waals surface area contributed by atoms with Gasteiger partial charge in [-0.25, -0.2) is 19.3 Å². The number of fused-ring (bicyclic) bond motifs is 2. The molecule has 1 aliphatic rings. The van der Waals surface area contributed by atoms with Crippen LogP contribution in [0.1, 0.15) is 44.9 Å². The average molecular weight is 502 g/mol. The van der Waals surface area contributed by atoms with Gasteiger partial charge in [-0.2, -0.15) is 0 Å². The largest absolute Gasteiger partial charge is 0.361 e. The van der Waals surface area contributed by atoms with E-state index in [-0.39, 0.29) is 17.8 Å². The minimum Gasteiger partial charge on any atom is -0.361 e. The third kappa shape index (κ3) is 4.90. The summed E-state index contributed by atoms with van der Waals surface area (Å²) in [5, 5.41) is 4.37. The summed E-state index contributed by atoms with van der Waals surface area (Å²) < 4.78 is 14.4. The molecular formula is C28H32FN7O. The molecule has 1 atom stereocenters. The number of benzene rings is 1. The molecule has 0 bridgehead atoms. The minimum atomic E-state index is -0.420. The van der Waals surface area contributed by atoms with Crippen molar-refractivity contribution in [3.63, 3.8) is 0 Å². The number of nitrogens with zero attached hydrogens (tertiary/aromatic N) is 6. The van der Waals surface area contributed by atoms with Gasteiger partial charge in [0.15, 0.2) is 5.82 Å². The fourth-order valence-corrected chi connectivity index (χ4v) is 4.77. The number of aryl methyl sites for hydroxylation is 1. The predicted molar refractivity (Wildman–Crippen MR) is 144 cm³/mol. The first-order chi connectivity index (χ1) is 17.6. The van der Waals surface area contributed by atoms with Crippen LogP contribution in [-0.2, 0) is 4.79 Å². The number of nitrogens with one attached hydrogen (secondary N) is 1. The number of carbonyl (C=O) groups excluding carboxylic acids is 1. The van der Waals surface area contributed by atoms with Crippen LogP contribution in [0.5, 0.6) is 0 Å². The number of hydrogen-bond acceptors (Lipinski definition) is 7. The maximum Gasteiger partial charge on any atom is 0.228 e. The molecule has 1 saturated heterocycles. The van der Waals surface area contributed by atoms with Gasteiger partial charge < -0.3 is 15.1 Å². The van der Waals surface area contributed by atoms with Crippen LogP contribution < -0.4 is 10.2 Å². The predicted octanol–water partition coefficient (Wildman–Crippen LogP) is 4.89. The summed E-state index contributed by atoms with van der Waals surface area (Å²) in [6, 6.07) is 8.98. The second-order valence-electron chi connectivity index (χ2n) is 10.7. The molecule has 3 aromatic heterocycles. The van der Waals surface area contributed by atoms with Crippen molar-refractivity contribution in [2.24, 2.45) is 5.41 Å². The molecule has 192 valence electrons. The molecule has 1 aromatic carbocycles. The number of anilines is 2. The summed E-state index contributed by atoms with van der Waals surface area (Å²) in [5.41, 5.74) is 3.19. The fraction of sp³-hybridized carbons (Fsp3) is 0.393. The molecule has 4 heterocycles. The lowest BCUT2D eigenvalue weighted by atomic mass is 9.94. The number of pyridine rings is 2. The highest BCUT2D eigenvalue weighted by atomic mass is 19.1. The first kappa shape index (κ1) is 24.8. The second-order valence-corrected chi connectivity index (χ2v) is 10.7. The third-order valence-electron chi connectivity index (χ3n) is 6.83. The number of rotatable bonds is 4. The Hall–Kier alpha value is -3.88. The third-order valence-corrected chi connectivity index (χ3v) is 6.83. The molecule has 37 heavy (non-hydrogen) atoms. The summed E-state index contributed by atoms with van der Waals surface area (Å²) in [6.07, 6.45) is 3.25.